The van der Waals surface area contributed by atoms with Crippen molar-refractivity contribution in [3.05, 3.63) is 55.1 Å². The van der Waals surface area contributed by atoms with Gasteiger partial charge in [0, 0.05) is 26.2 Å². The van der Waals surface area contributed by atoms with Gasteiger partial charge in [0.2, 0.25) is 10.0 Å². The van der Waals surface area contributed by atoms with Crippen molar-refractivity contribution in [3.8, 4) is 0 Å². The van der Waals surface area contributed by atoms with E-state index < -0.39 is 51.1 Å². The molecule has 0 aromatic heterocycles. The van der Waals surface area contributed by atoms with Crippen molar-refractivity contribution in [2.45, 2.75) is 23.9 Å². The number of piperidine rings is 1. The summed E-state index contributed by atoms with van der Waals surface area (Å²) in [4.78, 5) is 25.4. The van der Waals surface area contributed by atoms with E-state index >= 15 is 0 Å². The van der Waals surface area contributed by atoms with Crippen molar-refractivity contribution in [1.29, 1.82) is 0 Å². The van der Waals surface area contributed by atoms with E-state index in [1.54, 1.807) is 0 Å². The smallest absolute Gasteiger partial charge is 0.416 e. The molecule has 0 bridgehead atoms. The van der Waals surface area contributed by atoms with E-state index in [1.165, 1.54) is 17.1 Å². The molecule has 11 heteroatoms. The number of benzene rings is 1. The van der Waals surface area contributed by atoms with Gasteiger partial charge in [-0.25, -0.2) is 8.42 Å². The number of ether oxygens (including phenoxy) is 1. The molecule has 0 saturated carbocycles. The monoisotopic (exact) mass is 474 g/mol. The number of alkyl halides is 3. The Kier molecular flexibility index (Phi) is 8.62. The van der Waals surface area contributed by atoms with E-state index in [-0.39, 0.29) is 39.0 Å². The van der Waals surface area contributed by atoms with Gasteiger partial charge in [-0.2, -0.15) is 17.5 Å². The van der Waals surface area contributed by atoms with E-state index in [9.17, 15) is 31.2 Å². The number of carbonyl (C=O) groups is 2. The first-order valence-electron chi connectivity index (χ1n) is 9.84. The summed E-state index contributed by atoms with van der Waals surface area (Å²) >= 11 is 0. The van der Waals surface area contributed by atoms with E-state index in [2.05, 4.69) is 13.2 Å². The Hall–Kier alpha value is -2.66. The number of hydrogen-bond donors (Lipinski definition) is 0. The lowest BCUT2D eigenvalue weighted by Gasteiger charge is -2.30. The lowest BCUT2D eigenvalue weighted by Crippen LogP contribution is -2.41. The molecule has 0 radical (unpaired) electrons. The fourth-order valence-corrected chi connectivity index (χ4v) is 4.76. The molecule has 0 atom stereocenters. The minimum atomic E-state index is -4.66. The van der Waals surface area contributed by atoms with E-state index in [1.807, 2.05) is 0 Å². The SMILES string of the molecule is C=CCN(CC=C)C(=O)COC(=O)C1CCN(S(=O)(=O)c2cccc(C(F)(F)F)c2)CC1. The van der Waals surface area contributed by atoms with Crippen molar-refractivity contribution in [1.82, 2.24) is 9.21 Å². The zero-order valence-electron chi connectivity index (χ0n) is 17.4. The Morgan fingerprint density at radius 1 is 1.16 bits per heavy atom. The fourth-order valence-electron chi connectivity index (χ4n) is 3.25. The van der Waals surface area contributed by atoms with Crippen molar-refractivity contribution in [3.63, 3.8) is 0 Å². The molecule has 0 N–H and O–H groups in total. The van der Waals surface area contributed by atoms with E-state index in [0.29, 0.717) is 6.07 Å². The highest BCUT2D eigenvalue weighted by atomic mass is 32.2. The first-order chi connectivity index (χ1) is 15.0. The molecule has 2 rings (SSSR count). The van der Waals surface area contributed by atoms with Gasteiger partial charge in [0.1, 0.15) is 0 Å². The average Bonchev–Trinajstić information content (AvgIpc) is 2.76. The van der Waals surface area contributed by atoms with Crippen molar-refractivity contribution in [2.75, 3.05) is 32.8 Å². The molecule has 1 saturated heterocycles. The van der Waals surface area contributed by atoms with Gasteiger partial charge < -0.3 is 9.64 Å². The minimum absolute atomic E-state index is 0.0503. The normalized spacial score (nSPS) is 15.7. The summed E-state index contributed by atoms with van der Waals surface area (Å²) in [5, 5.41) is 0. The molecule has 1 aliphatic heterocycles. The van der Waals surface area contributed by atoms with Crippen molar-refractivity contribution >= 4 is 21.9 Å². The van der Waals surface area contributed by atoms with Gasteiger partial charge in [0.25, 0.3) is 5.91 Å². The number of carbonyl (C=O) groups excluding carboxylic acids is 2. The Labute approximate surface area is 185 Å². The topological polar surface area (TPSA) is 84.0 Å². The molecule has 0 spiro atoms. The van der Waals surface area contributed by atoms with Gasteiger partial charge in [-0.1, -0.05) is 18.2 Å². The average molecular weight is 475 g/mol. The first-order valence-corrected chi connectivity index (χ1v) is 11.3. The molecule has 0 unspecified atom stereocenters. The summed E-state index contributed by atoms with van der Waals surface area (Å²) in [6, 6.07) is 3.54. The van der Waals surface area contributed by atoms with Crippen LogP contribution in [0.25, 0.3) is 0 Å². The Bertz CT molecular complexity index is 944. The number of nitrogens with zero attached hydrogens (tertiary/aromatic N) is 2. The lowest BCUT2D eigenvalue weighted by molar-refractivity contribution is -0.156. The van der Waals surface area contributed by atoms with Crippen LogP contribution in [0.3, 0.4) is 0 Å². The predicted octanol–water partition coefficient (Wildman–Crippen LogP) is 2.85. The number of hydrogen-bond acceptors (Lipinski definition) is 5. The number of amides is 1. The third-order valence-electron chi connectivity index (χ3n) is 4.98. The fraction of sp³-hybridized carbons (Fsp3) is 0.429. The summed E-state index contributed by atoms with van der Waals surface area (Å²) in [6.45, 7) is 7.10. The second-order valence-corrected chi connectivity index (χ2v) is 9.13. The summed E-state index contributed by atoms with van der Waals surface area (Å²) in [6.07, 6.45) is -1.33. The van der Waals surface area contributed by atoms with Gasteiger partial charge >= 0.3 is 12.1 Å². The number of esters is 1. The summed E-state index contributed by atoms with van der Waals surface area (Å²) in [5.41, 5.74) is -1.05. The summed E-state index contributed by atoms with van der Waals surface area (Å²) in [5.74, 6) is -1.64. The lowest BCUT2D eigenvalue weighted by atomic mass is 9.98. The minimum Gasteiger partial charge on any atom is -0.455 e. The maximum absolute atomic E-state index is 12.9. The predicted molar refractivity (Wildman–Crippen MR) is 111 cm³/mol. The van der Waals surface area contributed by atoms with Crippen LogP contribution in [0.15, 0.2) is 54.5 Å². The zero-order valence-corrected chi connectivity index (χ0v) is 18.2. The van der Waals surface area contributed by atoms with Crippen molar-refractivity contribution < 1.29 is 35.9 Å². The maximum Gasteiger partial charge on any atom is 0.416 e. The van der Waals surface area contributed by atoms with Crippen molar-refractivity contribution in [2.24, 2.45) is 5.92 Å². The van der Waals surface area contributed by atoms with Crippen LogP contribution in [-0.2, 0) is 30.5 Å². The van der Waals surface area contributed by atoms with Gasteiger partial charge in [-0.3, -0.25) is 9.59 Å². The number of rotatable bonds is 9. The zero-order chi connectivity index (χ0) is 23.9. The van der Waals surface area contributed by atoms with E-state index in [4.69, 9.17) is 4.74 Å². The van der Waals surface area contributed by atoms with Gasteiger partial charge in [0.05, 0.1) is 16.4 Å². The molecule has 1 fully saturated rings. The highest BCUT2D eigenvalue weighted by Gasteiger charge is 2.35. The quantitative estimate of drug-likeness (QED) is 0.406. The molecular formula is C21H25F3N2O5S. The molecule has 7 nitrogen and oxygen atoms in total. The maximum atomic E-state index is 12.9. The van der Waals surface area contributed by atoms with Crippen LogP contribution >= 0.6 is 0 Å². The first kappa shape index (κ1) is 25.6. The second-order valence-electron chi connectivity index (χ2n) is 7.19. The Morgan fingerprint density at radius 3 is 2.28 bits per heavy atom. The van der Waals surface area contributed by atoms with Gasteiger partial charge in [0.15, 0.2) is 6.61 Å². The Balaban J connectivity index is 1.95. The van der Waals surface area contributed by atoms with Crippen LogP contribution < -0.4 is 0 Å². The van der Waals surface area contributed by atoms with E-state index in [0.717, 1.165) is 22.5 Å². The van der Waals surface area contributed by atoms with Gasteiger partial charge in [-0.05, 0) is 31.0 Å². The molecule has 1 aromatic rings. The van der Waals surface area contributed by atoms with Crippen LogP contribution in [0.4, 0.5) is 13.2 Å². The molecule has 1 aliphatic rings. The highest BCUT2D eigenvalue weighted by Crippen LogP contribution is 2.32. The highest BCUT2D eigenvalue weighted by molar-refractivity contribution is 7.89. The largest absolute Gasteiger partial charge is 0.455 e. The van der Waals surface area contributed by atoms with Gasteiger partial charge in [-0.15, -0.1) is 13.2 Å². The van der Waals surface area contributed by atoms with Crippen LogP contribution in [0.2, 0.25) is 0 Å². The molecule has 176 valence electrons. The summed E-state index contributed by atoms with van der Waals surface area (Å²) in [7, 11) is -4.14. The molecule has 32 heavy (non-hydrogen) atoms. The molecule has 1 heterocycles. The Morgan fingerprint density at radius 2 is 1.75 bits per heavy atom. The molecule has 0 aliphatic carbocycles. The molecular weight excluding hydrogens is 449 g/mol. The second kappa shape index (κ2) is 10.8. The molecule has 1 amide bonds. The third kappa shape index (κ3) is 6.42. The number of halogens is 3. The van der Waals surface area contributed by atoms with Crippen LogP contribution in [0.1, 0.15) is 18.4 Å². The van der Waals surface area contributed by atoms with Crippen LogP contribution in [-0.4, -0.2) is 62.3 Å². The summed E-state index contributed by atoms with van der Waals surface area (Å²) < 4.78 is 70.3. The van der Waals surface area contributed by atoms with Crippen LogP contribution in [0.5, 0.6) is 0 Å². The third-order valence-corrected chi connectivity index (χ3v) is 6.87. The molecule has 1 aromatic carbocycles. The van der Waals surface area contributed by atoms with Crippen LogP contribution in [0, 0.1) is 5.92 Å². The number of sulfonamides is 1. The standard InChI is InChI=1S/C21H25F3N2O5S/c1-3-10-25(11-4-2)19(27)15-31-20(28)16-8-12-26(13-9-16)32(29,30)18-7-5-6-17(14-18)21(22,23)24/h3-7,14,16H,1-2,8-13,15H2.